The molecule has 2 rings (SSSR count). The van der Waals surface area contributed by atoms with Crippen molar-refractivity contribution in [2.24, 2.45) is 0 Å². The van der Waals surface area contributed by atoms with Gasteiger partial charge in [-0.25, -0.2) is 0 Å². The van der Waals surface area contributed by atoms with Gasteiger partial charge >= 0.3 is 0 Å². The Kier molecular flexibility index (Phi) is 4.81. The van der Waals surface area contributed by atoms with Crippen LogP contribution in [0.4, 0.5) is 0 Å². The molecule has 1 unspecified atom stereocenters. The van der Waals surface area contributed by atoms with Crippen molar-refractivity contribution >= 4 is 38.5 Å². The maximum atomic E-state index is 10.3. The minimum Gasteiger partial charge on any atom is -0.388 e. The molecule has 0 aromatic heterocycles. The van der Waals surface area contributed by atoms with E-state index in [1.165, 1.54) is 5.56 Å². The average Bonchev–Trinajstić information content (AvgIpc) is 2.35. The number of hydrogen-bond acceptors (Lipinski definition) is 1. The predicted molar refractivity (Wildman–Crippen MR) is 86.7 cm³/mol. The van der Waals surface area contributed by atoms with Crippen LogP contribution in [0.2, 0.25) is 0 Å². The summed E-state index contributed by atoms with van der Waals surface area (Å²) in [5.41, 5.74) is 3.37. The van der Waals surface area contributed by atoms with E-state index < -0.39 is 6.10 Å². The highest BCUT2D eigenvalue weighted by Gasteiger charge is 2.12. The van der Waals surface area contributed by atoms with E-state index >= 15 is 0 Å². The molecule has 0 aliphatic rings. The van der Waals surface area contributed by atoms with Crippen LogP contribution < -0.4 is 0 Å². The van der Waals surface area contributed by atoms with E-state index in [2.05, 4.69) is 51.5 Å². The molecule has 0 heterocycles. The second-order valence-corrected chi connectivity index (χ2v) is 6.32. The molecule has 0 aliphatic carbocycles. The van der Waals surface area contributed by atoms with Gasteiger partial charge in [-0.1, -0.05) is 46.3 Å². The maximum absolute atomic E-state index is 10.3. The summed E-state index contributed by atoms with van der Waals surface area (Å²) in [5, 5.41) is 10.3. The van der Waals surface area contributed by atoms with Crippen molar-refractivity contribution in [1.29, 1.82) is 0 Å². The largest absolute Gasteiger partial charge is 0.388 e. The zero-order chi connectivity index (χ0) is 13.1. The van der Waals surface area contributed by atoms with Gasteiger partial charge in [-0.2, -0.15) is 0 Å². The van der Waals surface area contributed by atoms with Crippen molar-refractivity contribution in [3.8, 4) is 0 Å². The minimum absolute atomic E-state index is 0.446. The van der Waals surface area contributed by atoms with Crippen LogP contribution in [0.25, 0.3) is 0 Å². The molecule has 1 nitrogen and oxygen atoms in total. The fourth-order valence-electron chi connectivity index (χ4n) is 1.88. The first kappa shape index (κ1) is 14.0. The standard InChI is InChI=1S/C15H14BrIO/c1-10-3-2-4-13(15(10)17)14(18)9-11-5-7-12(16)8-6-11/h2-8,14,18H,9H2,1H3. The lowest BCUT2D eigenvalue weighted by atomic mass is 10.0. The van der Waals surface area contributed by atoms with Crippen LogP contribution in [0.15, 0.2) is 46.9 Å². The van der Waals surface area contributed by atoms with Crippen LogP contribution in [0.1, 0.15) is 22.8 Å². The highest BCUT2D eigenvalue weighted by molar-refractivity contribution is 14.1. The second kappa shape index (κ2) is 6.17. The molecule has 0 saturated heterocycles. The van der Waals surface area contributed by atoms with Crippen LogP contribution in [-0.2, 0) is 6.42 Å². The number of hydrogen-bond donors (Lipinski definition) is 1. The lowest BCUT2D eigenvalue weighted by Gasteiger charge is -2.14. The molecule has 0 radical (unpaired) electrons. The number of aliphatic hydroxyl groups is 1. The first-order valence-corrected chi connectivity index (χ1v) is 7.62. The summed E-state index contributed by atoms with van der Waals surface area (Å²) in [4.78, 5) is 0. The number of halogens is 2. The summed E-state index contributed by atoms with van der Waals surface area (Å²) >= 11 is 5.71. The molecule has 0 fully saturated rings. The van der Waals surface area contributed by atoms with Gasteiger partial charge in [-0.05, 0) is 58.3 Å². The van der Waals surface area contributed by atoms with Crippen molar-refractivity contribution in [3.05, 3.63) is 67.2 Å². The Bertz CT molecular complexity index is 537. The average molecular weight is 417 g/mol. The molecule has 18 heavy (non-hydrogen) atoms. The fourth-order valence-corrected chi connectivity index (χ4v) is 2.86. The van der Waals surface area contributed by atoms with Crippen LogP contribution in [0.3, 0.4) is 0 Å². The third kappa shape index (κ3) is 3.33. The zero-order valence-corrected chi connectivity index (χ0v) is 13.8. The van der Waals surface area contributed by atoms with E-state index in [0.717, 1.165) is 19.2 Å². The van der Waals surface area contributed by atoms with Gasteiger partial charge in [-0.3, -0.25) is 0 Å². The predicted octanol–water partition coefficient (Wildman–Crippen LogP) is 4.64. The van der Waals surface area contributed by atoms with Gasteiger partial charge in [0.15, 0.2) is 0 Å². The van der Waals surface area contributed by atoms with Gasteiger partial charge in [0.05, 0.1) is 6.10 Å². The summed E-state index contributed by atoms with van der Waals surface area (Å²) in [5.74, 6) is 0. The summed E-state index contributed by atoms with van der Waals surface area (Å²) in [6, 6.07) is 14.1. The lowest BCUT2D eigenvalue weighted by Crippen LogP contribution is -2.04. The molecule has 0 aliphatic heterocycles. The van der Waals surface area contributed by atoms with Crippen LogP contribution in [0.5, 0.6) is 0 Å². The summed E-state index contributed by atoms with van der Waals surface area (Å²) in [6.07, 6.45) is 0.199. The summed E-state index contributed by atoms with van der Waals surface area (Å²) in [7, 11) is 0. The first-order valence-electron chi connectivity index (χ1n) is 5.75. The van der Waals surface area contributed by atoms with Crippen molar-refractivity contribution in [2.75, 3.05) is 0 Å². The monoisotopic (exact) mass is 416 g/mol. The molecule has 94 valence electrons. The smallest absolute Gasteiger partial charge is 0.0840 e. The molecular weight excluding hydrogens is 403 g/mol. The van der Waals surface area contributed by atoms with Crippen molar-refractivity contribution in [1.82, 2.24) is 0 Å². The first-order chi connectivity index (χ1) is 8.58. The fraction of sp³-hybridized carbons (Fsp3) is 0.200. The second-order valence-electron chi connectivity index (χ2n) is 4.32. The normalized spacial score (nSPS) is 12.4. The van der Waals surface area contributed by atoms with Crippen LogP contribution >= 0.6 is 38.5 Å². The van der Waals surface area contributed by atoms with Crippen molar-refractivity contribution < 1.29 is 5.11 Å². The minimum atomic E-state index is -0.446. The Labute approximate surface area is 130 Å². The Balaban J connectivity index is 2.19. The number of benzene rings is 2. The third-order valence-electron chi connectivity index (χ3n) is 2.92. The van der Waals surface area contributed by atoms with E-state index in [9.17, 15) is 5.11 Å². The van der Waals surface area contributed by atoms with E-state index in [-0.39, 0.29) is 0 Å². The van der Waals surface area contributed by atoms with Gasteiger partial charge in [0.25, 0.3) is 0 Å². The molecule has 1 N–H and O–H groups in total. The molecule has 2 aromatic carbocycles. The summed E-state index contributed by atoms with van der Waals surface area (Å²) in [6.45, 7) is 2.07. The van der Waals surface area contributed by atoms with Gasteiger partial charge in [0.2, 0.25) is 0 Å². The lowest BCUT2D eigenvalue weighted by molar-refractivity contribution is 0.177. The summed E-state index contributed by atoms with van der Waals surface area (Å²) < 4.78 is 2.21. The topological polar surface area (TPSA) is 20.2 Å². The third-order valence-corrected chi connectivity index (χ3v) is 4.93. The Hall–Kier alpha value is -0.390. The van der Waals surface area contributed by atoms with E-state index in [1.807, 2.05) is 36.4 Å². The van der Waals surface area contributed by atoms with Crippen molar-refractivity contribution in [2.45, 2.75) is 19.4 Å². The van der Waals surface area contributed by atoms with Gasteiger partial charge < -0.3 is 5.11 Å². The Morgan fingerprint density at radius 1 is 1.17 bits per heavy atom. The van der Waals surface area contributed by atoms with Gasteiger partial charge in [-0.15, -0.1) is 0 Å². The molecule has 3 heteroatoms. The molecule has 2 aromatic rings. The molecule has 0 spiro atoms. The van der Waals surface area contributed by atoms with Crippen LogP contribution in [0, 0.1) is 10.5 Å². The van der Waals surface area contributed by atoms with E-state index in [1.54, 1.807) is 0 Å². The quantitative estimate of drug-likeness (QED) is 0.722. The van der Waals surface area contributed by atoms with Crippen molar-refractivity contribution in [3.63, 3.8) is 0 Å². The zero-order valence-electron chi connectivity index (χ0n) is 10.0. The Morgan fingerprint density at radius 2 is 1.83 bits per heavy atom. The maximum Gasteiger partial charge on any atom is 0.0840 e. The highest BCUT2D eigenvalue weighted by atomic mass is 127. The highest BCUT2D eigenvalue weighted by Crippen LogP contribution is 2.26. The van der Waals surface area contributed by atoms with E-state index in [0.29, 0.717) is 6.42 Å². The SMILES string of the molecule is Cc1cccc(C(O)Cc2ccc(Br)cc2)c1I. The van der Waals surface area contributed by atoms with Gasteiger partial charge in [0, 0.05) is 14.5 Å². The number of rotatable bonds is 3. The number of aliphatic hydroxyl groups excluding tert-OH is 1. The molecule has 0 bridgehead atoms. The molecular formula is C15H14BrIO. The van der Waals surface area contributed by atoms with E-state index in [4.69, 9.17) is 0 Å². The molecule has 0 saturated carbocycles. The Morgan fingerprint density at radius 3 is 2.50 bits per heavy atom. The molecule has 0 amide bonds. The van der Waals surface area contributed by atoms with Gasteiger partial charge in [0.1, 0.15) is 0 Å². The number of aryl methyl sites for hydroxylation is 1. The molecule has 1 atom stereocenters. The van der Waals surface area contributed by atoms with Crippen LogP contribution in [-0.4, -0.2) is 5.11 Å².